The average Bonchev–Trinajstić information content (AvgIpc) is 2.42. The molecule has 0 amide bonds. The highest BCUT2D eigenvalue weighted by molar-refractivity contribution is 6.31. The first-order valence-electron chi connectivity index (χ1n) is 7.20. The number of nitrogens with one attached hydrogen (secondary N) is 1. The Morgan fingerprint density at radius 1 is 1.30 bits per heavy atom. The van der Waals surface area contributed by atoms with Crippen LogP contribution in [0, 0.1) is 5.92 Å². The molecule has 1 N–H and O–H groups in total. The van der Waals surface area contributed by atoms with Gasteiger partial charge in [-0.2, -0.15) is 0 Å². The van der Waals surface area contributed by atoms with Crippen molar-refractivity contribution < 1.29 is 4.74 Å². The Balaban J connectivity index is 2.93. The van der Waals surface area contributed by atoms with Gasteiger partial charge >= 0.3 is 0 Å². The predicted molar refractivity (Wildman–Crippen MR) is 87.9 cm³/mol. The van der Waals surface area contributed by atoms with E-state index < -0.39 is 0 Å². The minimum absolute atomic E-state index is 0.258. The topological polar surface area (TPSA) is 24.5 Å². The number of benzene rings is 1. The van der Waals surface area contributed by atoms with E-state index in [1.807, 2.05) is 7.05 Å². The van der Waals surface area contributed by atoms with E-state index in [1.54, 1.807) is 7.11 Å². The van der Waals surface area contributed by atoms with E-state index in [1.165, 1.54) is 0 Å². The highest BCUT2D eigenvalue weighted by Gasteiger charge is 2.13. The van der Waals surface area contributed by atoms with Crippen LogP contribution in [0.15, 0.2) is 18.2 Å². The van der Waals surface area contributed by atoms with Crippen LogP contribution in [0.25, 0.3) is 0 Å². The standard InChI is InChI=1S/C16H27ClN2O/c1-12(2)11-19(8-9-20-5)14-6-7-15(13(3)18-4)16(17)10-14/h6-7,10,12-13,18H,8-9,11H2,1-5H3. The zero-order valence-electron chi connectivity index (χ0n) is 13.2. The summed E-state index contributed by atoms with van der Waals surface area (Å²) in [5, 5.41) is 4.03. The summed E-state index contributed by atoms with van der Waals surface area (Å²) in [4.78, 5) is 2.33. The van der Waals surface area contributed by atoms with Crippen molar-refractivity contribution in [2.24, 2.45) is 5.92 Å². The van der Waals surface area contributed by atoms with Crippen LogP contribution in [0.3, 0.4) is 0 Å². The lowest BCUT2D eigenvalue weighted by Gasteiger charge is -2.27. The van der Waals surface area contributed by atoms with Crippen molar-refractivity contribution in [1.29, 1.82) is 0 Å². The summed E-state index contributed by atoms with van der Waals surface area (Å²) in [6.07, 6.45) is 0. The van der Waals surface area contributed by atoms with Gasteiger partial charge in [-0.25, -0.2) is 0 Å². The van der Waals surface area contributed by atoms with Gasteiger partial charge in [0.15, 0.2) is 0 Å². The van der Waals surface area contributed by atoms with Gasteiger partial charge in [-0.05, 0) is 37.6 Å². The van der Waals surface area contributed by atoms with Crippen LogP contribution in [0.1, 0.15) is 32.4 Å². The maximum atomic E-state index is 6.42. The van der Waals surface area contributed by atoms with Gasteiger partial charge in [0.2, 0.25) is 0 Å². The molecule has 1 aromatic rings. The lowest BCUT2D eigenvalue weighted by atomic mass is 10.1. The second-order valence-corrected chi connectivity index (χ2v) is 5.96. The van der Waals surface area contributed by atoms with E-state index >= 15 is 0 Å². The summed E-state index contributed by atoms with van der Waals surface area (Å²) >= 11 is 6.42. The highest BCUT2D eigenvalue weighted by atomic mass is 35.5. The van der Waals surface area contributed by atoms with Gasteiger partial charge in [-0.15, -0.1) is 0 Å². The Morgan fingerprint density at radius 3 is 2.50 bits per heavy atom. The summed E-state index contributed by atoms with van der Waals surface area (Å²) in [5.41, 5.74) is 2.29. The molecule has 0 heterocycles. The zero-order chi connectivity index (χ0) is 15.1. The normalized spacial score (nSPS) is 12.8. The average molecular weight is 299 g/mol. The molecule has 0 bridgehead atoms. The fourth-order valence-corrected chi connectivity index (χ4v) is 2.53. The highest BCUT2D eigenvalue weighted by Crippen LogP contribution is 2.28. The second kappa shape index (κ2) is 8.50. The Morgan fingerprint density at radius 2 is 2.00 bits per heavy atom. The third-order valence-corrected chi connectivity index (χ3v) is 3.73. The minimum Gasteiger partial charge on any atom is -0.383 e. The van der Waals surface area contributed by atoms with Gasteiger partial charge in [-0.1, -0.05) is 31.5 Å². The summed E-state index contributed by atoms with van der Waals surface area (Å²) < 4.78 is 5.20. The van der Waals surface area contributed by atoms with Crippen molar-refractivity contribution in [3.8, 4) is 0 Å². The summed E-state index contributed by atoms with van der Waals surface area (Å²) in [7, 11) is 3.68. The Bertz CT molecular complexity index is 409. The van der Waals surface area contributed by atoms with Crippen LogP contribution in [-0.4, -0.2) is 33.9 Å². The van der Waals surface area contributed by atoms with Gasteiger partial charge in [0.25, 0.3) is 0 Å². The van der Waals surface area contributed by atoms with Crippen LogP contribution in [0.5, 0.6) is 0 Å². The molecule has 4 heteroatoms. The van der Waals surface area contributed by atoms with E-state index in [9.17, 15) is 0 Å². The molecule has 0 saturated carbocycles. The van der Waals surface area contributed by atoms with Crippen LogP contribution < -0.4 is 10.2 Å². The summed E-state index contributed by atoms with van der Waals surface area (Å²) in [6.45, 7) is 9.15. The SMILES string of the molecule is CNC(C)c1ccc(N(CCOC)CC(C)C)cc1Cl. The molecular formula is C16H27ClN2O. The van der Waals surface area contributed by atoms with E-state index in [4.69, 9.17) is 16.3 Å². The first-order valence-corrected chi connectivity index (χ1v) is 7.58. The number of ether oxygens (including phenoxy) is 1. The smallest absolute Gasteiger partial charge is 0.0637 e. The molecule has 0 aliphatic heterocycles. The van der Waals surface area contributed by atoms with Crippen molar-refractivity contribution in [3.05, 3.63) is 28.8 Å². The van der Waals surface area contributed by atoms with Crippen LogP contribution in [0.4, 0.5) is 5.69 Å². The van der Waals surface area contributed by atoms with Crippen LogP contribution in [-0.2, 0) is 4.74 Å². The molecule has 1 atom stereocenters. The zero-order valence-corrected chi connectivity index (χ0v) is 14.0. The summed E-state index contributed by atoms with van der Waals surface area (Å²) in [6, 6.07) is 6.57. The molecule has 1 rings (SSSR count). The van der Waals surface area contributed by atoms with Crippen molar-refractivity contribution in [3.63, 3.8) is 0 Å². The summed E-state index contributed by atoms with van der Waals surface area (Å²) in [5.74, 6) is 0.599. The first kappa shape index (κ1) is 17.3. The van der Waals surface area contributed by atoms with Crippen LogP contribution >= 0.6 is 11.6 Å². The molecule has 0 saturated heterocycles. The molecule has 1 unspecified atom stereocenters. The van der Waals surface area contributed by atoms with Gasteiger partial charge < -0.3 is 15.0 Å². The lowest BCUT2D eigenvalue weighted by Crippen LogP contribution is -2.31. The number of halogens is 1. The molecule has 1 aromatic carbocycles. The van der Waals surface area contributed by atoms with Crippen molar-refractivity contribution in [1.82, 2.24) is 5.32 Å². The molecule has 0 radical (unpaired) electrons. The number of hydrogen-bond acceptors (Lipinski definition) is 3. The monoisotopic (exact) mass is 298 g/mol. The van der Waals surface area contributed by atoms with Crippen molar-refractivity contribution in [2.75, 3.05) is 38.8 Å². The van der Waals surface area contributed by atoms with Gasteiger partial charge in [0, 0.05) is 37.0 Å². The second-order valence-electron chi connectivity index (χ2n) is 5.55. The first-order chi connectivity index (χ1) is 9.49. The maximum absolute atomic E-state index is 6.42. The molecule has 0 aliphatic carbocycles. The molecule has 0 fully saturated rings. The molecule has 0 spiro atoms. The lowest BCUT2D eigenvalue weighted by molar-refractivity contribution is 0.204. The van der Waals surface area contributed by atoms with Gasteiger partial charge in [-0.3, -0.25) is 0 Å². The van der Waals surface area contributed by atoms with Gasteiger partial charge in [0.05, 0.1) is 6.61 Å². The van der Waals surface area contributed by atoms with E-state index in [2.05, 4.69) is 49.2 Å². The Hall–Kier alpha value is -0.770. The number of nitrogens with zero attached hydrogens (tertiary/aromatic N) is 1. The van der Waals surface area contributed by atoms with Crippen LogP contribution in [0.2, 0.25) is 5.02 Å². The minimum atomic E-state index is 0.258. The molecular weight excluding hydrogens is 272 g/mol. The third kappa shape index (κ3) is 4.97. The maximum Gasteiger partial charge on any atom is 0.0637 e. The molecule has 114 valence electrons. The fraction of sp³-hybridized carbons (Fsp3) is 0.625. The Kier molecular flexibility index (Phi) is 7.35. The largest absolute Gasteiger partial charge is 0.383 e. The number of anilines is 1. The molecule has 0 aliphatic rings. The number of hydrogen-bond donors (Lipinski definition) is 1. The van der Waals surface area contributed by atoms with Crippen molar-refractivity contribution >= 4 is 17.3 Å². The number of rotatable bonds is 8. The molecule has 3 nitrogen and oxygen atoms in total. The predicted octanol–water partition coefficient (Wildman–Crippen LogP) is 3.73. The third-order valence-electron chi connectivity index (χ3n) is 3.40. The fourth-order valence-electron chi connectivity index (χ4n) is 2.19. The van der Waals surface area contributed by atoms with E-state index in [0.29, 0.717) is 5.92 Å². The van der Waals surface area contributed by atoms with Gasteiger partial charge in [0.1, 0.15) is 0 Å². The number of methoxy groups -OCH3 is 1. The van der Waals surface area contributed by atoms with E-state index in [-0.39, 0.29) is 6.04 Å². The molecule has 0 aromatic heterocycles. The quantitative estimate of drug-likeness (QED) is 0.791. The van der Waals surface area contributed by atoms with Crippen molar-refractivity contribution in [2.45, 2.75) is 26.8 Å². The van der Waals surface area contributed by atoms with E-state index in [0.717, 1.165) is 36.0 Å². The molecule has 20 heavy (non-hydrogen) atoms. The Labute approximate surface area is 128 Å².